The highest BCUT2D eigenvalue weighted by molar-refractivity contribution is 5.88. The zero-order chi connectivity index (χ0) is 23.0. The van der Waals surface area contributed by atoms with E-state index < -0.39 is 17.0 Å². The molecule has 0 bridgehead atoms. The fourth-order valence-electron chi connectivity index (χ4n) is 4.95. The molecule has 0 radical (unpaired) electrons. The number of methoxy groups -OCH3 is 1. The third-order valence-corrected chi connectivity index (χ3v) is 6.98. The number of carboxylic acid groups (broad SMARTS) is 1. The molecule has 2 fully saturated rings. The summed E-state index contributed by atoms with van der Waals surface area (Å²) >= 11 is 0. The van der Waals surface area contributed by atoms with Crippen molar-refractivity contribution < 1.29 is 14.6 Å². The smallest absolute Gasteiger partial charge is 0.341 e. The minimum absolute atomic E-state index is 0.112. The number of aromatic nitrogens is 1. The van der Waals surface area contributed by atoms with E-state index in [4.69, 9.17) is 4.74 Å². The highest BCUT2D eigenvalue weighted by atomic mass is 16.5. The molecule has 1 N–H and O–H groups in total. The predicted octanol–water partition coefficient (Wildman–Crippen LogP) is 4.04. The van der Waals surface area contributed by atoms with E-state index in [1.165, 1.54) is 17.8 Å². The molecule has 166 valence electrons. The molecule has 1 saturated heterocycles. The van der Waals surface area contributed by atoms with E-state index in [1.807, 2.05) is 18.5 Å². The summed E-state index contributed by atoms with van der Waals surface area (Å²) in [5, 5.41) is 11.7. The molecule has 1 aromatic carbocycles. The highest BCUT2D eigenvalue weighted by Gasteiger charge is 2.50. The van der Waals surface area contributed by atoms with Gasteiger partial charge in [-0.25, -0.2) is 4.79 Å². The van der Waals surface area contributed by atoms with Gasteiger partial charge in [-0.05, 0) is 76.1 Å². The van der Waals surface area contributed by atoms with Crippen molar-refractivity contribution in [2.45, 2.75) is 70.1 Å². The van der Waals surface area contributed by atoms with Crippen LogP contribution in [0.15, 0.2) is 29.2 Å². The lowest BCUT2D eigenvalue weighted by Gasteiger charge is -2.60. The number of aromatic carboxylic acids is 1. The lowest BCUT2D eigenvalue weighted by Crippen LogP contribution is -2.65. The number of hydrogen-bond acceptors (Lipinski definition) is 4. The van der Waals surface area contributed by atoms with Gasteiger partial charge < -0.3 is 9.84 Å². The predicted molar refractivity (Wildman–Crippen MR) is 123 cm³/mol. The van der Waals surface area contributed by atoms with Crippen LogP contribution >= 0.6 is 0 Å². The van der Waals surface area contributed by atoms with Crippen molar-refractivity contribution in [2.75, 3.05) is 12.1 Å². The fraction of sp³-hybridized carbons (Fsp3) is 0.462. The lowest BCUT2D eigenvalue weighted by molar-refractivity contribution is 0.0692. The SMILES string of the molecule is COC(C)(C)C#Cc1cc2c(cc1C1CC1)-c1cc(=O)c(C(=O)O)cn1N1C2CC1(C)C. The van der Waals surface area contributed by atoms with Crippen LogP contribution in [0.2, 0.25) is 0 Å². The molecular weight excluding hydrogens is 404 g/mol. The van der Waals surface area contributed by atoms with E-state index in [0.29, 0.717) is 5.92 Å². The largest absolute Gasteiger partial charge is 0.477 e. The first-order valence-corrected chi connectivity index (χ1v) is 11.1. The Morgan fingerprint density at radius 1 is 1.22 bits per heavy atom. The standard InChI is InChI=1S/C26H28N2O4/c1-25(2)13-22-18-10-16(8-9-26(3,4)32-5)17(15-6-7-15)11-19(18)21-12-23(29)20(24(30)31)14-27(21)28(22)25/h10-12,14-15,22H,6-7,13H2,1-5H3,(H,30,31). The normalized spacial score (nSPS) is 20.3. The maximum Gasteiger partial charge on any atom is 0.341 e. The van der Waals surface area contributed by atoms with Gasteiger partial charge in [0.1, 0.15) is 11.2 Å². The molecule has 1 aromatic heterocycles. The first-order chi connectivity index (χ1) is 15.0. The molecule has 5 rings (SSSR count). The quantitative estimate of drug-likeness (QED) is 0.741. The van der Waals surface area contributed by atoms with Crippen LogP contribution in [0.1, 0.15) is 86.0 Å². The Kier molecular flexibility index (Phi) is 4.38. The number of benzene rings is 1. The third kappa shape index (κ3) is 3.15. The number of nitrogens with zero attached hydrogens (tertiary/aromatic N) is 2. The zero-order valence-corrected chi connectivity index (χ0v) is 19.2. The number of fused-ring (bicyclic) bond motifs is 6. The molecule has 3 aliphatic rings. The molecule has 1 unspecified atom stereocenters. The van der Waals surface area contributed by atoms with Gasteiger partial charge in [-0.2, -0.15) is 0 Å². The molecule has 1 atom stereocenters. The fourth-order valence-corrected chi connectivity index (χ4v) is 4.95. The van der Waals surface area contributed by atoms with Crippen LogP contribution in [-0.4, -0.2) is 34.0 Å². The van der Waals surface area contributed by atoms with Gasteiger partial charge in [0.25, 0.3) is 0 Å². The first kappa shape index (κ1) is 20.8. The van der Waals surface area contributed by atoms with Crippen LogP contribution in [-0.2, 0) is 4.74 Å². The average Bonchev–Trinajstić information content (AvgIpc) is 3.56. The van der Waals surface area contributed by atoms with Crippen LogP contribution in [0, 0.1) is 11.8 Å². The van der Waals surface area contributed by atoms with Crippen LogP contribution in [0.3, 0.4) is 0 Å². The molecule has 3 heterocycles. The van der Waals surface area contributed by atoms with E-state index in [0.717, 1.165) is 41.6 Å². The summed E-state index contributed by atoms with van der Waals surface area (Å²) in [5.74, 6) is 5.91. The van der Waals surface area contributed by atoms with Crippen molar-refractivity contribution in [1.82, 2.24) is 4.68 Å². The molecule has 1 aliphatic carbocycles. The number of rotatable bonds is 3. The van der Waals surface area contributed by atoms with Gasteiger partial charge in [-0.3, -0.25) is 14.5 Å². The Morgan fingerprint density at radius 3 is 2.53 bits per heavy atom. The molecule has 2 aromatic rings. The number of pyridine rings is 1. The maximum atomic E-state index is 12.6. The van der Waals surface area contributed by atoms with Crippen molar-refractivity contribution >= 4 is 5.97 Å². The molecule has 6 heteroatoms. The van der Waals surface area contributed by atoms with Gasteiger partial charge in [0.2, 0.25) is 0 Å². The van der Waals surface area contributed by atoms with Crippen molar-refractivity contribution in [3.8, 4) is 23.1 Å². The van der Waals surface area contributed by atoms with Crippen LogP contribution in [0.4, 0.5) is 0 Å². The van der Waals surface area contributed by atoms with Gasteiger partial charge in [0, 0.05) is 30.5 Å². The first-order valence-electron chi connectivity index (χ1n) is 11.1. The van der Waals surface area contributed by atoms with Gasteiger partial charge in [0.15, 0.2) is 5.43 Å². The second-order valence-electron chi connectivity index (χ2n) is 10.2. The Labute approximate surface area is 187 Å². The van der Waals surface area contributed by atoms with Crippen LogP contribution < -0.4 is 10.4 Å². The van der Waals surface area contributed by atoms with Gasteiger partial charge in [-0.1, -0.05) is 11.8 Å². The Balaban J connectivity index is 1.74. The molecule has 2 aliphatic heterocycles. The monoisotopic (exact) mass is 432 g/mol. The zero-order valence-electron chi connectivity index (χ0n) is 19.2. The molecule has 32 heavy (non-hydrogen) atoms. The van der Waals surface area contributed by atoms with Gasteiger partial charge >= 0.3 is 5.97 Å². The maximum absolute atomic E-state index is 12.6. The number of hydrogen-bond donors (Lipinski definition) is 1. The number of carbonyl (C=O) groups is 1. The Bertz CT molecular complexity index is 1270. The Morgan fingerprint density at radius 2 is 1.94 bits per heavy atom. The summed E-state index contributed by atoms with van der Waals surface area (Å²) in [6.45, 7) is 8.18. The van der Waals surface area contributed by atoms with Crippen molar-refractivity contribution in [3.63, 3.8) is 0 Å². The van der Waals surface area contributed by atoms with E-state index in [9.17, 15) is 14.7 Å². The summed E-state index contributed by atoms with van der Waals surface area (Å²) in [6, 6.07) is 5.96. The molecule has 0 spiro atoms. The molecule has 6 nitrogen and oxygen atoms in total. The van der Waals surface area contributed by atoms with E-state index in [2.05, 4.69) is 42.8 Å². The van der Waals surface area contributed by atoms with Crippen LogP contribution in [0.25, 0.3) is 11.3 Å². The van der Waals surface area contributed by atoms with Crippen molar-refractivity contribution in [2.24, 2.45) is 0 Å². The summed E-state index contributed by atoms with van der Waals surface area (Å²) in [7, 11) is 1.66. The van der Waals surface area contributed by atoms with Gasteiger partial charge in [-0.15, -0.1) is 0 Å². The minimum Gasteiger partial charge on any atom is -0.477 e. The van der Waals surface area contributed by atoms with Gasteiger partial charge in [0.05, 0.1) is 17.3 Å². The third-order valence-electron chi connectivity index (χ3n) is 6.98. The highest BCUT2D eigenvalue weighted by Crippen LogP contribution is 2.53. The summed E-state index contributed by atoms with van der Waals surface area (Å²) in [6.07, 6.45) is 4.69. The van der Waals surface area contributed by atoms with Crippen molar-refractivity contribution in [3.05, 3.63) is 56.9 Å². The van der Waals surface area contributed by atoms with E-state index in [-0.39, 0.29) is 17.1 Å². The summed E-state index contributed by atoms with van der Waals surface area (Å²) in [5.41, 5.74) is 3.78. The minimum atomic E-state index is -1.20. The van der Waals surface area contributed by atoms with E-state index in [1.54, 1.807) is 7.11 Å². The van der Waals surface area contributed by atoms with Crippen LogP contribution in [0.5, 0.6) is 0 Å². The lowest BCUT2D eigenvalue weighted by atomic mass is 9.75. The number of carboxylic acids is 1. The van der Waals surface area contributed by atoms with Crippen molar-refractivity contribution in [1.29, 1.82) is 0 Å². The topological polar surface area (TPSA) is 71.8 Å². The molecule has 0 amide bonds. The average molecular weight is 433 g/mol. The number of ether oxygens (including phenoxy) is 1. The van der Waals surface area contributed by atoms with E-state index >= 15 is 0 Å². The Hall–Kier alpha value is -3.04. The second-order valence-corrected chi connectivity index (χ2v) is 10.2. The summed E-state index contributed by atoms with van der Waals surface area (Å²) < 4.78 is 7.37. The molecule has 1 saturated carbocycles. The molecular formula is C26H28N2O4. The summed E-state index contributed by atoms with van der Waals surface area (Å²) in [4.78, 5) is 24.2. The second kappa shape index (κ2) is 6.73.